The molecule has 0 amide bonds. The van der Waals surface area contributed by atoms with Crippen LogP contribution in [-0.4, -0.2) is 18.1 Å². The van der Waals surface area contributed by atoms with E-state index in [1.165, 1.54) is 17.8 Å². The number of nitrogens with two attached hydrogens (primary N) is 1. The minimum Gasteiger partial charge on any atom is -0.368 e. The van der Waals surface area contributed by atoms with Gasteiger partial charge in [-0.15, -0.1) is 11.3 Å². The summed E-state index contributed by atoms with van der Waals surface area (Å²) in [4.78, 5) is 4.75. The number of rotatable bonds is 5. The third-order valence-electron chi connectivity index (χ3n) is 3.84. The molecule has 1 aromatic rings. The summed E-state index contributed by atoms with van der Waals surface area (Å²) >= 11 is 1.74. The molecule has 1 fully saturated rings. The molecule has 3 nitrogen and oxygen atoms in total. The molecule has 0 unspecified atom stereocenters. The lowest BCUT2D eigenvalue weighted by atomic mass is 9.79. The van der Waals surface area contributed by atoms with Gasteiger partial charge in [0.2, 0.25) is 0 Å². The molecule has 1 aliphatic carbocycles. The van der Waals surface area contributed by atoms with Crippen LogP contribution >= 0.6 is 11.3 Å². The fourth-order valence-electron chi connectivity index (χ4n) is 2.70. The molecule has 1 heterocycles. The average molecular weight is 268 g/mol. The maximum absolute atomic E-state index is 6.11. The summed E-state index contributed by atoms with van der Waals surface area (Å²) < 4.78 is 6.11. The van der Waals surface area contributed by atoms with Gasteiger partial charge in [-0.2, -0.15) is 0 Å². The first kappa shape index (κ1) is 14.0. The summed E-state index contributed by atoms with van der Waals surface area (Å²) in [5, 5.41) is 3.31. The van der Waals surface area contributed by atoms with E-state index in [1.807, 2.05) is 0 Å². The van der Waals surface area contributed by atoms with Crippen molar-refractivity contribution in [3.63, 3.8) is 0 Å². The first-order valence-corrected chi connectivity index (χ1v) is 7.87. The van der Waals surface area contributed by atoms with E-state index in [1.54, 1.807) is 11.3 Å². The van der Waals surface area contributed by atoms with Crippen molar-refractivity contribution in [3.8, 4) is 0 Å². The standard InChI is InChI=1S/C14H24N2OS/c1-3-17-14(7-4-11(2)5-8-14)13-16-12(6-9-15)10-18-13/h10-11H,3-9,15H2,1-2H3. The lowest BCUT2D eigenvalue weighted by Gasteiger charge is -2.37. The molecule has 4 heteroatoms. The predicted molar refractivity (Wildman–Crippen MR) is 75.8 cm³/mol. The smallest absolute Gasteiger partial charge is 0.125 e. The van der Waals surface area contributed by atoms with Crippen molar-refractivity contribution in [2.24, 2.45) is 11.7 Å². The highest BCUT2D eigenvalue weighted by molar-refractivity contribution is 7.09. The molecular weight excluding hydrogens is 244 g/mol. The molecule has 0 radical (unpaired) electrons. The fraction of sp³-hybridized carbons (Fsp3) is 0.786. The van der Waals surface area contributed by atoms with E-state index in [0.717, 1.165) is 37.5 Å². The molecule has 2 rings (SSSR count). The van der Waals surface area contributed by atoms with Crippen molar-refractivity contribution >= 4 is 11.3 Å². The normalized spacial score (nSPS) is 28.5. The molecule has 0 bridgehead atoms. The molecule has 2 N–H and O–H groups in total. The van der Waals surface area contributed by atoms with Crippen LogP contribution in [0.4, 0.5) is 0 Å². The number of hydrogen-bond donors (Lipinski definition) is 1. The second kappa shape index (κ2) is 6.13. The number of hydrogen-bond acceptors (Lipinski definition) is 4. The molecule has 0 aliphatic heterocycles. The number of nitrogens with zero attached hydrogens (tertiary/aromatic N) is 1. The van der Waals surface area contributed by atoms with Gasteiger partial charge in [0.1, 0.15) is 10.6 Å². The molecular formula is C14H24N2OS. The van der Waals surface area contributed by atoms with E-state index >= 15 is 0 Å². The highest BCUT2D eigenvalue weighted by Gasteiger charge is 2.39. The Hall–Kier alpha value is -0.450. The molecule has 18 heavy (non-hydrogen) atoms. The second-order valence-corrected chi connectivity index (χ2v) is 6.15. The van der Waals surface area contributed by atoms with Gasteiger partial charge in [0.15, 0.2) is 0 Å². The Balaban J connectivity index is 2.17. The highest BCUT2D eigenvalue weighted by Crippen LogP contribution is 2.43. The zero-order valence-corrected chi connectivity index (χ0v) is 12.3. The van der Waals surface area contributed by atoms with Crippen molar-refractivity contribution in [2.45, 2.75) is 51.6 Å². The van der Waals surface area contributed by atoms with Crippen LogP contribution in [0, 0.1) is 5.92 Å². The van der Waals surface area contributed by atoms with Crippen LogP contribution < -0.4 is 5.73 Å². The fourth-order valence-corrected chi connectivity index (χ4v) is 3.77. The number of aromatic nitrogens is 1. The van der Waals surface area contributed by atoms with Gasteiger partial charge in [-0.1, -0.05) is 6.92 Å². The van der Waals surface area contributed by atoms with Crippen LogP contribution in [0.15, 0.2) is 5.38 Å². The lowest BCUT2D eigenvalue weighted by molar-refractivity contribution is -0.0777. The first-order valence-electron chi connectivity index (χ1n) is 6.99. The summed E-state index contributed by atoms with van der Waals surface area (Å²) in [7, 11) is 0. The van der Waals surface area contributed by atoms with E-state index in [9.17, 15) is 0 Å². The molecule has 102 valence electrons. The Morgan fingerprint density at radius 3 is 2.83 bits per heavy atom. The van der Waals surface area contributed by atoms with Crippen LogP contribution in [0.5, 0.6) is 0 Å². The van der Waals surface area contributed by atoms with Gasteiger partial charge in [-0.25, -0.2) is 4.98 Å². The van der Waals surface area contributed by atoms with Crippen molar-refractivity contribution < 1.29 is 4.74 Å². The molecule has 0 spiro atoms. The van der Waals surface area contributed by atoms with Gasteiger partial charge < -0.3 is 10.5 Å². The van der Waals surface area contributed by atoms with Crippen molar-refractivity contribution in [2.75, 3.05) is 13.2 Å². The molecule has 1 aliphatic rings. The highest BCUT2D eigenvalue weighted by atomic mass is 32.1. The summed E-state index contributed by atoms with van der Waals surface area (Å²) in [6, 6.07) is 0. The molecule has 0 saturated heterocycles. The van der Waals surface area contributed by atoms with E-state index in [-0.39, 0.29) is 5.60 Å². The third kappa shape index (κ3) is 2.92. The van der Waals surface area contributed by atoms with Gasteiger partial charge in [0, 0.05) is 18.4 Å². The van der Waals surface area contributed by atoms with E-state index < -0.39 is 0 Å². The van der Waals surface area contributed by atoms with Gasteiger partial charge in [0.25, 0.3) is 0 Å². The van der Waals surface area contributed by atoms with Gasteiger partial charge in [-0.3, -0.25) is 0 Å². The number of thiazole rings is 1. The summed E-state index contributed by atoms with van der Waals surface area (Å²) in [6.07, 6.45) is 5.57. The van der Waals surface area contributed by atoms with Crippen LogP contribution in [-0.2, 0) is 16.8 Å². The van der Waals surface area contributed by atoms with Crippen LogP contribution in [0.1, 0.15) is 50.2 Å². The van der Waals surface area contributed by atoms with Gasteiger partial charge in [-0.05, 0) is 45.1 Å². The zero-order valence-electron chi connectivity index (χ0n) is 11.4. The van der Waals surface area contributed by atoms with Crippen LogP contribution in [0.25, 0.3) is 0 Å². The largest absolute Gasteiger partial charge is 0.368 e. The molecule has 1 saturated carbocycles. The Kier molecular flexibility index (Phi) is 4.76. The van der Waals surface area contributed by atoms with Crippen molar-refractivity contribution in [1.82, 2.24) is 4.98 Å². The monoisotopic (exact) mass is 268 g/mol. The molecule has 1 aromatic heterocycles. The first-order chi connectivity index (χ1) is 8.70. The SMILES string of the molecule is CCOC1(c2nc(CCN)cs2)CCC(C)CC1. The summed E-state index contributed by atoms with van der Waals surface area (Å²) in [5.41, 5.74) is 6.60. The Bertz CT molecular complexity index is 370. The Morgan fingerprint density at radius 2 is 2.22 bits per heavy atom. The maximum atomic E-state index is 6.11. The number of ether oxygens (including phenoxy) is 1. The molecule has 0 aromatic carbocycles. The van der Waals surface area contributed by atoms with E-state index in [0.29, 0.717) is 6.54 Å². The van der Waals surface area contributed by atoms with Gasteiger partial charge in [0.05, 0.1) is 5.69 Å². The van der Waals surface area contributed by atoms with Crippen LogP contribution in [0.2, 0.25) is 0 Å². The topological polar surface area (TPSA) is 48.1 Å². The van der Waals surface area contributed by atoms with Gasteiger partial charge >= 0.3 is 0 Å². The maximum Gasteiger partial charge on any atom is 0.125 e. The van der Waals surface area contributed by atoms with E-state index in [4.69, 9.17) is 15.5 Å². The second-order valence-electron chi connectivity index (χ2n) is 5.29. The predicted octanol–water partition coefficient (Wildman–Crippen LogP) is 3.09. The van der Waals surface area contributed by atoms with Crippen LogP contribution in [0.3, 0.4) is 0 Å². The van der Waals surface area contributed by atoms with E-state index in [2.05, 4.69) is 19.2 Å². The average Bonchev–Trinajstić information content (AvgIpc) is 2.82. The Morgan fingerprint density at radius 1 is 1.50 bits per heavy atom. The minimum absolute atomic E-state index is 0.112. The third-order valence-corrected chi connectivity index (χ3v) is 4.92. The zero-order chi connectivity index (χ0) is 13.0. The van der Waals surface area contributed by atoms with Crippen molar-refractivity contribution in [3.05, 3.63) is 16.1 Å². The minimum atomic E-state index is -0.112. The Labute approximate surface area is 114 Å². The lowest BCUT2D eigenvalue weighted by Crippen LogP contribution is -2.34. The molecule has 0 atom stereocenters. The summed E-state index contributed by atoms with van der Waals surface area (Å²) in [6.45, 7) is 5.84. The quantitative estimate of drug-likeness (QED) is 0.892. The summed E-state index contributed by atoms with van der Waals surface area (Å²) in [5.74, 6) is 0.821. The van der Waals surface area contributed by atoms with Crippen molar-refractivity contribution in [1.29, 1.82) is 0 Å².